The number of methoxy groups -OCH3 is 1. The Morgan fingerprint density at radius 2 is 1.60 bits per heavy atom. The zero-order chi connectivity index (χ0) is 33.7. The van der Waals surface area contributed by atoms with E-state index in [4.69, 9.17) is 14.2 Å². The minimum Gasteiger partial charge on any atom is -0.497 e. The summed E-state index contributed by atoms with van der Waals surface area (Å²) in [6.07, 6.45) is 8.68. The second-order valence-corrected chi connectivity index (χ2v) is 12.9. The van der Waals surface area contributed by atoms with E-state index in [0.717, 1.165) is 69.2 Å². The maximum absolute atomic E-state index is 12.7. The van der Waals surface area contributed by atoms with Crippen molar-refractivity contribution in [2.45, 2.75) is 65.3 Å². The summed E-state index contributed by atoms with van der Waals surface area (Å²) in [5.41, 5.74) is 3.80. The van der Waals surface area contributed by atoms with Crippen molar-refractivity contribution < 1.29 is 19.0 Å². The molecule has 1 unspecified atom stereocenters. The number of thiophene rings is 1. The molecule has 0 bridgehead atoms. The van der Waals surface area contributed by atoms with Crippen LogP contribution in [0.4, 0.5) is 11.4 Å². The number of carbonyl (C=O) groups excluding carboxylic acids is 1. The van der Waals surface area contributed by atoms with Gasteiger partial charge in [-0.05, 0) is 104 Å². The van der Waals surface area contributed by atoms with E-state index in [1.807, 2.05) is 54.7 Å². The SMILES string of the molecule is CCCCCCN=CCCOc1ccc(N(c2c(-c3ccc(OC(=O)c4ccccc4)cc3)sc3cc(OC)ccc23)C(C)CC)cc1. The van der Waals surface area contributed by atoms with Gasteiger partial charge in [-0.25, -0.2) is 4.79 Å². The summed E-state index contributed by atoms with van der Waals surface area (Å²) in [6.45, 7) is 8.20. The summed E-state index contributed by atoms with van der Waals surface area (Å²) in [6, 6.07) is 31.7. The number of esters is 1. The zero-order valence-corrected chi connectivity index (χ0v) is 29.3. The molecule has 0 aliphatic carbocycles. The summed E-state index contributed by atoms with van der Waals surface area (Å²) >= 11 is 1.73. The first-order valence-corrected chi connectivity index (χ1v) is 17.8. The van der Waals surface area contributed by atoms with E-state index in [2.05, 4.69) is 67.1 Å². The van der Waals surface area contributed by atoms with Crippen LogP contribution in [0, 0.1) is 0 Å². The predicted molar refractivity (Wildman–Crippen MR) is 201 cm³/mol. The molecular formula is C41H46N2O4S. The number of anilines is 2. The molecule has 1 atom stereocenters. The van der Waals surface area contributed by atoms with E-state index < -0.39 is 0 Å². The highest BCUT2D eigenvalue weighted by Crippen LogP contribution is 2.49. The topological polar surface area (TPSA) is 60.4 Å². The molecule has 0 spiro atoms. The van der Waals surface area contributed by atoms with Gasteiger partial charge in [0.05, 0.1) is 29.8 Å². The molecule has 1 heterocycles. The molecule has 0 radical (unpaired) electrons. The Balaban J connectivity index is 1.39. The summed E-state index contributed by atoms with van der Waals surface area (Å²) in [5.74, 6) is 1.80. The number of carbonyl (C=O) groups is 1. The van der Waals surface area contributed by atoms with Crippen molar-refractivity contribution in [1.82, 2.24) is 0 Å². The van der Waals surface area contributed by atoms with E-state index in [0.29, 0.717) is 17.9 Å². The van der Waals surface area contributed by atoms with Crippen molar-refractivity contribution >= 4 is 45.0 Å². The zero-order valence-electron chi connectivity index (χ0n) is 28.5. The van der Waals surface area contributed by atoms with Crippen LogP contribution in [0.25, 0.3) is 20.5 Å². The summed E-state index contributed by atoms with van der Waals surface area (Å²) in [5, 5.41) is 1.16. The standard InChI is InChI=1S/C41H46N2O4S/c1-5-7-8-12-26-42-27-13-28-46-34-22-18-33(19-23-34)43(30(3)6-2)39-37-25-24-36(45-4)29-38(37)48-40(39)31-16-20-35(21-17-31)47-41(44)32-14-10-9-11-15-32/h9-11,14-25,27,29-30H,5-8,12-13,26,28H2,1-4H3. The van der Waals surface area contributed by atoms with Gasteiger partial charge in [-0.15, -0.1) is 11.3 Å². The van der Waals surface area contributed by atoms with Gasteiger partial charge in [0, 0.05) is 41.0 Å². The van der Waals surface area contributed by atoms with Gasteiger partial charge in [0.25, 0.3) is 0 Å². The molecule has 0 saturated carbocycles. The fourth-order valence-electron chi connectivity index (χ4n) is 5.57. The molecule has 48 heavy (non-hydrogen) atoms. The molecule has 4 aromatic carbocycles. The molecule has 5 aromatic rings. The lowest BCUT2D eigenvalue weighted by Gasteiger charge is -2.32. The minimum absolute atomic E-state index is 0.218. The van der Waals surface area contributed by atoms with Crippen LogP contribution in [0.15, 0.2) is 102 Å². The third-order valence-corrected chi connectivity index (χ3v) is 9.57. The maximum Gasteiger partial charge on any atom is 0.343 e. The van der Waals surface area contributed by atoms with Crippen LogP contribution in [-0.2, 0) is 0 Å². The number of unbranched alkanes of at least 4 members (excludes halogenated alkanes) is 3. The lowest BCUT2D eigenvalue weighted by molar-refractivity contribution is 0.0734. The molecule has 0 amide bonds. The van der Waals surface area contributed by atoms with Crippen LogP contribution < -0.4 is 19.1 Å². The number of hydrogen-bond donors (Lipinski definition) is 0. The van der Waals surface area contributed by atoms with E-state index in [9.17, 15) is 4.79 Å². The molecule has 0 fully saturated rings. The summed E-state index contributed by atoms with van der Waals surface area (Å²) in [7, 11) is 1.70. The van der Waals surface area contributed by atoms with Crippen LogP contribution in [0.5, 0.6) is 17.2 Å². The fourth-order valence-corrected chi connectivity index (χ4v) is 6.80. The number of benzene rings is 4. The van der Waals surface area contributed by atoms with Crippen molar-refractivity contribution in [2.24, 2.45) is 4.99 Å². The van der Waals surface area contributed by atoms with E-state index >= 15 is 0 Å². The first-order chi connectivity index (χ1) is 23.5. The Morgan fingerprint density at radius 3 is 2.31 bits per heavy atom. The monoisotopic (exact) mass is 662 g/mol. The third-order valence-electron chi connectivity index (χ3n) is 8.38. The van der Waals surface area contributed by atoms with E-state index in [1.54, 1.807) is 30.6 Å². The molecule has 6 nitrogen and oxygen atoms in total. The second kappa shape index (κ2) is 17.5. The number of fused-ring (bicyclic) bond motifs is 1. The van der Waals surface area contributed by atoms with Crippen molar-refractivity contribution in [3.05, 3.63) is 103 Å². The number of rotatable bonds is 17. The molecular weight excluding hydrogens is 617 g/mol. The highest BCUT2D eigenvalue weighted by Gasteiger charge is 2.25. The highest BCUT2D eigenvalue weighted by molar-refractivity contribution is 7.23. The second-order valence-electron chi connectivity index (χ2n) is 11.8. The van der Waals surface area contributed by atoms with Gasteiger partial charge in [-0.3, -0.25) is 4.99 Å². The van der Waals surface area contributed by atoms with Crippen molar-refractivity contribution in [3.8, 4) is 27.7 Å². The maximum atomic E-state index is 12.7. The average molecular weight is 663 g/mol. The molecule has 0 saturated heterocycles. The van der Waals surface area contributed by atoms with Crippen LogP contribution >= 0.6 is 11.3 Å². The van der Waals surface area contributed by atoms with Gasteiger partial charge < -0.3 is 19.1 Å². The Bertz CT molecular complexity index is 1760. The normalized spacial score (nSPS) is 11.9. The average Bonchev–Trinajstić information content (AvgIpc) is 3.50. The number of aliphatic imine (C=N–C) groups is 1. The van der Waals surface area contributed by atoms with Gasteiger partial charge in [-0.1, -0.05) is 51.3 Å². The van der Waals surface area contributed by atoms with Crippen LogP contribution in [0.3, 0.4) is 0 Å². The molecule has 7 heteroatoms. The molecule has 1 aromatic heterocycles. The van der Waals surface area contributed by atoms with Crippen LogP contribution in [0.1, 0.15) is 69.7 Å². The van der Waals surface area contributed by atoms with Crippen molar-refractivity contribution in [1.29, 1.82) is 0 Å². The highest BCUT2D eigenvalue weighted by atomic mass is 32.1. The molecule has 0 aliphatic heterocycles. The first kappa shape index (κ1) is 34.7. The fraction of sp³-hybridized carbons (Fsp3) is 0.317. The quantitative estimate of drug-likeness (QED) is 0.0429. The van der Waals surface area contributed by atoms with Crippen molar-refractivity contribution in [3.63, 3.8) is 0 Å². The Labute approximate surface area is 289 Å². The number of hydrogen-bond acceptors (Lipinski definition) is 7. The Kier molecular flexibility index (Phi) is 12.7. The molecule has 0 N–H and O–H groups in total. The third kappa shape index (κ3) is 8.84. The van der Waals surface area contributed by atoms with Crippen molar-refractivity contribution in [2.75, 3.05) is 25.2 Å². The van der Waals surface area contributed by atoms with Gasteiger partial charge in [0.2, 0.25) is 0 Å². The van der Waals surface area contributed by atoms with Gasteiger partial charge in [0.1, 0.15) is 17.2 Å². The summed E-state index contributed by atoms with van der Waals surface area (Å²) in [4.78, 5) is 20.8. The van der Waals surface area contributed by atoms with Gasteiger partial charge >= 0.3 is 5.97 Å². The van der Waals surface area contributed by atoms with E-state index in [-0.39, 0.29) is 12.0 Å². The Hall–Kier alpha value is -4.62. The van der Waals surface area contributed by atoms with Crippen LogP contribution in [-0.4, -0.2) is 38.5 Å². The molecule has 5 rings (SSSR count). The van der Waals surface area contributed by atoms with E-state index in [1.165, 1.54) is 19.3 Å². The number of nitrogens with zero attached hydrogens (tertiary/aromatic N) is 2. The minimum atomic E-state index is -0.376. The van der Waals surface area contributed by atoms with Gasteiger partial charge in [-0.2, -0.15) is 0 Å². The largest absolute Gasteiger partial charge is 0.497 e. The van der Waals surface area contributed by atoms with Crippen LogP contribution in [0.2, 0.25) is 0 Å². The van der Waals surface area contributed by atoms with Gasteiger partial charge in [0.15, 0.2) is 0 Å². The smallest absolute Gasteiger partial charge is 0.343 e. The lowest BCUT2D eigenvalue weighted by Crippen LogP contribution is -2.27. The molecule has 0 aliphatic rings. The number of ether oxygens (including phenoxy) is 3. The predicted octanol–water partition coefficient (Wildman–Crippen LogP) is 11.2. The lowest BCUT2D eigenvalue weighted by atomic mass is 10.1. The summed E-state index contributed by atoms with van der Waals surface area (Å²) < 4.78 is 18.5. The first-order valence-electron chi connectivity index (χ1n) is 17.0. The Morgan fingerprint density at radius 1 is 0.875 bits per heavy atom. The molecule has 250 valence electrons.